The van der Waals surface area contributed by atoms with Gasteiger partial charge in [-0.15, -0.1) is 0 Å². The van der Waals surface area contributed by atoms with Crippen LogP contribution in [0, 0.1) is 0 Å². The molecule has 0 amide bonds. The lowest BCUT2D eigenvalue weighted by Gasteiger charge is -2.13. The van der Waals surface area contributed by atoms with E-state index in [1.807, 2.05) is 0 Å². The van der Waals surface area contributed by atoms with Crippen molar-refractivity contribution in [3.63, 3.8) is 0 Å². The van der Waals surface area contributed by atoms with Crippen molar-refractivity contribution in [2.24, 2.45) is 0 Å². The molecule has 1 nitrogen and oxygen atoms in total. The zero-order valence-electron chi connectivity index (χ0n) is 7.40. The lowest BCUT2D eigenvalue weighted by Crippen LogP contribution is -1.99. The number of benzene rings is 1. The predicted octanol–water partition coefficient (Wildman–Crippen LogP) is 4.22. The Morgan fingerprint density at radius 1 is 1.21 bits per heavy atom. The SMILES string of the molecule is Brc1ccc(Br)c2c1CCOCC2Br. The highest BCUT2D eigenvalue weighted by molar-refractivity contribution is 9.11. The van der Waals surface area contributed by atoms with Gasteiger partial charge in [0.15, 0.2) is 0 Å². The number of halogens is 3. The van der Waals surface area contributed by atoms with Gasteiger partial charge in [-0.05, 0) is 29.7 Å². The van der Waals surface area contributed by atoms with Crippen molar-refractivity contribution in [3.8, 4) is 0 Å². The minimum absolute atomic E-state index is 0.284. The third kappa shape index (κ3) is 2.08. The molecule has 1 atom stereocenters. The zero-order valence-corrected chi connectivity index (χ0v) is 12.2. The van der Waals surface area contributed by atoms with E-state index in [9.17, 15) is 0 Å². The highest BCUT2D eigenvalue weighted by Gasteiger charge is 2.20. The van der Waals surface area contributed by atoms with Crippen LogP contribution in [-0.4, -0.2) is 13.2 Å². The van der Waals surface area contributed by atoms with Gasteiger partial charge in [0.2, 0.25) is 0 Å². The van der Waals surface area contributed by atoms with E-state index in [0.717, 1.165) is 24.1 Å². The van der Waals surface area contributed by atoms with Crippen molar-refractivity contribution in [1.82, 2.24) is 0 Å². The maximum atomic E-state index is 5.51. The average molecular weight is 385 g/mol. The Bertz CT molecular complexity index is 351. The summed E-state index contributed by atoms with van der Waals surface area (Å²) in [7, 11) is 0. The molecule has 0 N–H and O–H groups in total. The standard InChI is InChI=1S/C10H9Br3O/c11-7-1-2-8(12)10-6(7)3-4-14-5-9(10)13/h1-2,9H,3-5H2. The first-order valence-electron chi connectivity index (χ1n) is 4.38. The molecule has 1 aliphatic heterocycles. The highest BCUT2D eigenvalue weighted by atomic mass is 79.9. The lowest BCUT2D eigenvalue weighted by molar-refractivity contribution is 0.145. The van der Waals surface area contributed by atoms with Gasteiger partial charge in [0.25, 0.3) is 0 Å². The number of hydrogen-bond acceptors (Lipinski definition) is 1. The molecule has 0 aliphatic carbocycles. The van der Waals surface area contributed by atoms with Crippen LogP contribution in [0.2, 0.25) is 0 Å². The van der Waals surface area contributed by atoms with Crippen molar-refractivity contribution in [2.45, 2.75) is 11.2 Å². The van der Waals surface area contributed by atoms with Crippen LogP contribution in [0.4, 0.5) is 0 Å². The molecule has 0 saturated heterocycles. The summed E-state index contributed by atoms with van der Waals surface area (Å²) >= 11 is 10.8. The topological polar surface area (TPSA) is 9.23 Å². The summed E-state index contributed by atoms with van der Waals surface area (Å²) in [5.41, 5.74) is 2.66. The Morgan fingerprint density at radius 3 is 2.71 bits per heavy atom. The Balaban J connectivity index is 2.57. The molecule has 1 aromatic rings. The Kier molecular flexibility index (Phi) is 3.68. The second-order valence-corrected chi connectivity index (χ2v) is 6.03. The summed E-state index contributed by atoms with van der Waals surface area (Å²) in [6.45, 7) is 1.53. The van der Waals surface area contributed by atoms with E-state index in [1.54, 1.807) is 0 Å². The van der Waals surface area contributed by atoms with Crippen LogP contribution in [-0.2, 0) is 11.2 Å². The molecular weight excluding hydrogens is 376 g/mol. The van der Waals surface area contributed by atoms with E-state index in [1.165, 1.54) is 15.6 Å². The van der Waals surface area contributed by atoms with Crippen LogP contribution in [0.25, 0.3) is 0 Å². The first kappa shape index (κ1) is 11.1. The van der Waals surface area contributed by atoms with Gasteiger partial charge in [-0.25, -0.2) is 0 Å². The molecule has 0 bridgehead atoms. The molecule has 0 fully saturated rings. The van der Waals surface area contributed by atoms with Crippen LogP contribution in [0.5, 0.6) is 0 Å². The van der Waals surface area contributed by atoms with E-state index in [-0.39, 0.29) is 4.83 Å². The number of rotatable bonds is 0. The Morgan fingerprint density at radius 2 is 1.93 bits per heavy atom. The molecule has 1 aliphatic rings. The summed E-state index contributed by atoms with van der Waals surface area (Å²) in [6, 6.07) is 4.15. The minimum Gasteiger partial charge on any atom is -0.380 e. The minimum atomic E-state index is 0.284. The number of alkyl halides is 1. The number of ether oxygens (including phenoxy) is 1. The molecule has 4 heteroatoms. The van der Waals surface area contributed by atoms with Gasteiger partial charge in [-0.3, -0.25) is 0 Å². The quantitative estimate of drug-likeness (QED) is 0.608. The van der Waals surface area contributed by atoms with Gasteiger partial charge in [0.05, 0.1) is 18.0 Å². The maximum absolute atomic E-state index is 5.51. The third-order valence-corrected chi connectivity index (χ3v) is 4.48. The molecule has 1 heterocycles. The second kappa shape index (κ2) is 4.64. The summed E-state index contributed by atoms with van der Waals surface area (Å²) < 4.78 is 7.84. The Labute approximate surface area is 109 Å². The largest absolute Gasteiger partial charge is 0.380 e. The highest BCUT2D eigenvalue weighted by Crippen LogP contribution is 2.38. The average Bonchev–Trinajstić information content (AvgIpc) is 2.35. The van der Waals surface area contributed by atoms with Crippen molar-refractivity contribution >= 4 is 47.8 Å². The van der Waals surface area contributed by atoms with Gasteiger partial charge in [0, 0.05) is 8.95 Å². The Hall–Kier alpha value is 0.620. The zero-order chi connectivity index (χ0) is 10.1. The van der Waals surface area contributed by atoms with Crippen LogP contribution in [0.3, 0.4) is 0 Å². The molecule has 0 aromatic heterocycles. The summed E-state index contributed by atoms with van der Waals surface area (Å²) in [5, 5.41) is 0. The first-order valence-corrected chi connectivity index (χ1v) is 6.89. The van der Waals surface area contributed by atoms with Crippen molar-refractivity contribution < 1.29 is 4.74 Å². The third-order valence-electron chi connectivity index (χ3n) is 2.32. The van der Waals surface area contributed by atoms with Crippen molar-refractivity contribution in [3.05, 3.63) is 32.2 Å². The van der Waals surface area contributed by atoms with E-state index < -0.39 is 0 Å². The smallest absolute Gasteiger partial charge is 0.0643 e. The van der Waals surface area contributed by atoms with E-state index in [2.05, 4.69) is 59.9 Å². The fourth-order valence-electron chi connectivity index (χ4n) is 1.65. The molecule has 14 heavy (non-hydrogen) atoms. The van der Waals surface area contributed by atoms with Crippen LogP contribution < -0.4 is 0 Å². The van der Waals surface area contributed by atoms with Gasteiger partial charge < -0.3 is 4.74 Å². The molecule has 0 radical (unpaired) electrons. The van der Waals surface area contributed by atoms with E-state index >= 15 is 0 Å². The van der Waals surface area contributed by atoms with E-state index in [0.29, 0.717) is 0 Å². The number of fused-ring (bicyclic) bond motifs is 1. The second-order valence-electron chi connectivity index (χ2n) is 3.21. The van der Waals surface area contributed by atoms with Gasteiger partial charge in [0.1, 0.15) is 0 Å². The fraction of sp³-hybridized carbons (Fsp3) is 0.400. The molecule has 1 unspecified atom stereocenters. The van der Waals surface area contributed by atoms with Crippen molar-refractivity contribution in [1.29, 1.82) is 0 Å². The molecule has 0 saturated carbocycles. The predicted molar refractivity (Wildman–Crippen MR) is 68.0 cm³/mol. The normalized spacial score (nSPS) is 21.5. The molecular formula is C10H9Br3O. The van der Waals surface area contributed by atoms with Gasteiger partial charge in [-0.2, -0.15) is 0 Å². The summed E-state index contributed by atoms with van der Waals surface area (Å²) in [6.07, 6.45) is 0.970. The maximum Gasteiger partial charge on any atom is 0.0643 e. The molecule has 76 valence electrons. The molecule has 0 spiro atoms. The summed E-state index contributed by atoms with van der Waals surface area (Å²) in [4.78, 5) is 0.284. The lowest BCUT2D eigenvalue weighted by atomic mass is 10.0. The van der Waals surface area contributed by atoms with Gasteiger partial charge >= 0.3 is 0 Å². The number of hydrogen-bond donors (Lipinski definition) is 0. The van der Waals surface area contributed by atoms with E-state index in [4.69, 9.17) is 4.74 Å². The summed E-state index contributed by atoms with van der Waals surface area (Å²) in [5.74, 6) is 0. The first-order chi connectivity index (χ1) is 6.70. The van der Waals surface area contributed by atoms with Crippen LogP contribution in [0.1, 0.15) is 16.0 Å². The van der Waals surface area contributed by atoms with Crippen LogP contribution >= 0.6 is 47.8 Å². The molecule has 1 aromatic carbocycles. The molecule has 2 rings (SSSR count). The van der Waals surface area contributed by atoms with Crippen LogP contribution in [0.15, 0.2) is 21.1 Å². The van der Waals surface area contributed by atoms with Gasteiger partial charge in [-0.1, -0.05) is 47.8 Å². The fourth-order valence-corrected chi connectivity index (χ4v) is 3.86. The monoisotopic (exact) mass is 382 g/mol. The van der Waals surface area contributed by atoms with Crippen molar-refractivity contribution in [2.75, 3.05) is 13.2 Å².